The normalized spacial score (nSPS) is 16.2. The van der Waals surface area contributed by atoms with E-state index in [4.69, 9.17) is 16.3 Å². The number of carbonyl (C=O) groups is 3. The Morgan fingerprint density at radius 1 is 1.15 bits per heavy atom. The van der Waals surface area contributed by atoms with Crippen LogP contribution in [-0.4, -0.2) is 58.5 Å². The van der Waals surface area contributed by atoms with Crippen molar-refractivity contribution >= 4 is 51.8 Å². The fraction of sp³-hybridized carbons (Fsp3) is 0.387. The Bertz CT molecular complexity index is 1470. The van der Waals surface area contributed by atoms with Crippen LogP contribution < -0.4 is 10.2 Å². The number of ether oxygens (including phenoxy) is 1. The van der Waals surface area contributed by atoms with E-state index in [1.165, 1.54) is 0 Å². The number of carbonyl (C=O) groups excluding carboxylic acids is 2. The number of para-hydroxylation sites is 2. The van der Waals surface area contributed by atoms with E-state index in [1.54, 1.807) is 30.0 Å². The number of halogens is 1. The van der Waals surface area contributed by atoms with Gasteiger partial charge < -0.3 is 15.2 Å². The molecule has 2 amide bonds. The zero-order valence-corrected chi connectivity index (χ0v) is 25.1. The molecule has 1 atom stereocenters. The van der Waals surface area contributed by atoms with Crippen LogP contribution in [0.1, 0.15) is 61.8 Å². The van der Waals surface area contributed by atoms with Gasteiger partial charge in [-0.1, -0.05) is 57.2 Å². The fourth-order valence-electron chi connectivity index (χ4n) is 4.42. The van der Waals surface area contributed by atoms with Gasteiger partial charge in [-0.25, -0.2) is 14.8 Å². The molecule has 1 aliphatic rings. The minimum absolute atomic E-state index is 0.0197. The predicted octanol–water partition coefficient (Wildman–Crippen LogP) is 5.35. The molecule has 4 rings (SSSR count). The number of aromatic carboxylic acids is 1. The second kappa shape index (κ2) is 13.7. The number of pyridine rings is 1. The van der Waals surface area contributed by atoms with Crippen molar-refractivity contribution in [3.8, 4) is 0 Å². The third-order valence-electron chi connectivity index (χ3n) is 7.15. The van der Waals surface area contributed by atoms with Crippen LogP contribution in [0.5, 0.6) is 0 Å². The van der Waals surface area contributed by atoms with Crippen molar-refractivity contribution in [2.45, 2.75) is 53.5 Å². The van der Waals surface area contributed by atoms with Crippen molar-refractivity contribution in [3.05, 3.63) is 70.9 Å². The van der Waals surface area contributed by atoms with Gasteiger partial charge in [0, 0.05) is 12.0 Å². The molecule has 218 valence electrons. The van der Waals surface area contributed by atoms with E-state index in [9.17, 15) is 19.5 Å². The van der Waals surface area contributed by atoms with E-state index >= 15 is 0 Å². The summed E-state index contributed by atoms with van der Waals surface area (Å²) in [6, 6.07) is 14.8. The van der Waals surface area contributed by atoms with Crippen LogP contribution in [0.3, 0.4) is 0 Å². The molecule has 0 saturated carbocycles. The number of hydrogen-bond acceptors (Lipinski definition) is 6. The summed E-state index contributed by atoms with van der Waals surface area (Å²) in [6.07, 6.45) is 0.870. The smallest absolute Gasteiger partial charge is 0.338 e. The van der Waals surface area contributed by atoms with Crippen LogP contribution in [0.2, 0.25) is 0 Å². The van der Waals surface area contributed by atoms with E-state index in [-0.39, 0.29) is 47.4 Å². The second-order valence-electron chi connectivity index (χ2n) is 10.1. The topological polar surface area (TPSA) is 121 Å². The molecule has 2 aromatic carbocycles. The highest BCUT2D eigenvalue weighted by Gasteiger charge is 2.43. The molecule has 1 aromatic heterocycles. The highest BCUT2D eigenvalue weighted by molar-refractivity contribution is 6.29. The fourth-order valence-corrected chi connectivity index (χ4v) is 4.56. The van der Waals surface area contributed by atoms with Crippen molar-refractivity contribution in [2.24, 2.45) is 10.9 Å². The quantitative estimate of drug-likeness (QED) is 0.260. The van der Waals surface area contributed by atoms with Gasteiger partial charge in [0.15, 0.2) is 5.84 Å². The monoisotopic (exact) mass is 580 g/mol. The molecule has 10 heteroatoms. The van der Waals surface area contributed by atoms with E-state index in [0.29, 0.717) is 12.1 Å². The molecule has 3 aromatic rings. The maximum atomic E-state index is 12.3. The largest absolute Gasteiger partial charge is 0.478 e. The zero-order chi connectivity index (χ0) is 30.3. The van der Waals surface area contributed by atoms with Gasteiger partial charge in [-0.2, -0.15) is 0 Å². The molecule has 0 fully saturated rings. The van der Waals surface area contributed by atoms with Crippen LogP contribution in [-0.2, 0) is 20.7 Å². The molecule has 41 heavy (non-hydrogen) atoms. The van der Waals surface area contributed by atoms with Crippen molar-refractivity contribution in [2.75, 3.05) is 24.1 Å². The Morgan fingerprint density at radius 3 is 2.44 bits per heavy atom. The number of rotatable bonds is 9. The molecular formula is C31H37ClN4O5. The average molecular weight is 581 g/mol. The molecular weight excluding hydrogens is 544 g/mol. The molecule has 1 aliphatic heterocycles. The molecule has 9 nitrogen and oxygen atoms in total. The lowest BCUT2D eigenvalue weighted by atomic mass is 9.89. The van der Waals surface area contributed by atoms with E-state index in [1.807, 2.05) is 58.0 Å². The average Bonchev–Trinajstić information content (AvgIpc) is 3.28. The minimum Gasteiger partial charge on any atom is -0.478 e. The SMILES string of the molecule is CC(C)C1(C)N=C(c2nc3ccccc3cc2C(=O)O)NC1=O.CCOCN(C(=O)CCl)c1c(C)cccc1CC. The van der Waals surface area contributed by atoms with Gasteiger partial charge in [0.25, 0.3) is 5.91 Å². The number of fused-ring (bicyclic) bond motifs is 1. The Hall–Kier alpha value is -3.82. The highest BCUT2D eigenvalue weighted by Crippen LogP contribution is 2.28. The number of anilines is 1. The van der Waals surface area contributed by atoms with E-state index in [2.05, 4.69) is 22.2 Å². The number of carboxylic acid groups (broad SMARTS) is 1. The third-order valence-corrected chi connectivity index (χ3v) is 7.38. The van der Waals surface area contributed by atoms with Crippen LogP contribution in [0.25, 0.3) is 10.9 Å². The first-order valence-corrected chi connectivity index (χ1v) is 14.1. The van der Waals surface area contributed by atoms with E-state index in [0.717, 1.165) is 28.6 Å². The van der Waals surface area contributed by atoms with Gasteiger partial charge in [-0.15, -0.1) is 11.6 Å². The molecule has 0 spiro atoms. The van der Waals surface area contributed by atoms with Gasteiger partial charge in [-0.3, -0.25) is 14.5 Å². The number of nitrogens with zero attached hydrogens (tertiary/aromatic N) is 3. The lowest BCUT2D eigenvalue weighted by Crippen LogP contribution is -2.41. The first-order chi connectivity index (χ1) is 19.5. The molecule has 0 aliphatic carbocycles. The summed E-state index contributed by atoms with van der Waals surface area (Å²) in [7, 11) is 0. The molecule has 0 radical (unpaired) electrons. The molecule has 0 bridgehead atoms. The third kappa shape index (κ3) is 6.92. The van der Waals surface area contributed by atoms with Gasteiger partial charge in [0.05, 0.1) is 16.8 Å². The summed E-state index contributed by atoms with van der Waals surface area (Å²) in [5.41, 5.74) is 3.07. The number of aliphatic imine (C=N–C) groups is 1. The van der Waals surface area contributed by atoms with Crippen LogP contribution in [0.15, 0.2) is 53.5 Å². The lowest BCUT2D eigenvalue weighted by Gasteiger charge is -2.25. The minimum atomic E-state index is -1.10. The molecule has 2 heterocycles. The summed E-state index contributed by atoms with van der Waals surface area (Å²) < 4.78 is 5.37. The predicted molar refractivity (Wildman–Crippen MR) is 162 cm³/mol. The van der Waals surface area contributed by atoms with Gasteiger partial charge >= 0.3 is 5.97 Å². The van der Waals surface area contributed by atoms with Crippen LogP contribution in [0, 0.1) is 12.8 Å². The summed E-state index contributed by atoms with van der Waals surface area (Å²) in [5.74, 6) is -1.32. The van der Waals surface area contributed by atoms with Crippen molar-refractivity contribution in [3.63, 3.8) is 0 Å². The second-order valence-corrected chi connectivity index (χ2v) is 10.4. The van der Waals surface area contributed by atoms with Crippen molar-refractivity contribution in [1.82, 2.24) is 10.3 Å². The summed E-state index contributed by atoms with van der Waals surface area (Å²) >= 11 is 5.68. The van der Waals surface area contributed by atoms with Crippen molar-refractivity contribution in [1.29, 1.82) is 0 Å². The number of benzene rings is 2. The number of alkyl halides is 1. The Labute approximate surface area is 245 Å². The number of hydrogen-bond donors (Lipinski definition) is 2. The molecule has 0 saturated heterocycles. The first kappa shape index (κ1) is 31.7. The maximum Gasteiger partial charge on any atom is 0.338 e. The number of aromatic nitrogens is 1. The first-order valence-electron chi connectivity index (χ1n) is 13.6. The van der Waals surface area contributed by atoms with Gasteiger partial charge in [0.1, 0.15) is 23.8 Å². The van der Waals surface area contributed by atoms with E-state index < -0.39 is 11.5 Å². The number of nitrogens with one attached hydrogen (secondary N) is 1. The highest BCUT2D eigenvalue weighted by atomic mass is 35.5. The summed E-state index contributed by atoms with van der Waals surface area (Å²) in [6.45, 7) is 12.3. The van der Waals surface area contributed by atoms with Gasteiger partial charge in [-0.05, 0) is 56.4 Å². The Kier molecular flexibility index (Phi) is 10.6. The maximum absolute atomic E-state index is 12.3. The number of amides is 2. The number of carboxylic acids is 1. The molecule has 1 unspecified atom stereocenters. The lowest BCUT2D eigenvalue weighted by molar-refractivity contribution is -0.124. The Morgan fingerprint density at radius 2 is 1.85 bits per heavy atom. The van der Waals surface area contributed by atoms with Crippen LogP contribution >= 0.6 is 11.6 Å². The molecule has 2 N–H and O–H groups in total. The Balaban J connectivity index is 0.000000233. The van der Waals surface area contributed by atoms with Crippen LogP contribution in [0.4, 0.5) is 5.69 Å². The zero-order valence-electron chi connectivity index (χ0n) is 24.3. The summed E-state index contributed by atoms with van der Waals surface area (Å²) in [4.78, 5) is 46.3. The number of aryl methyl sites for hydroxylation is 2. The standard InChI is InChI=1S/C17H17N3O3.C14H20ClNO2/c1-9(2)17(3)16(23)19-14(20-17)13-11(15(21)22)8-10-6-4-5-7-12(10)18-13;1-4-12-8-6-7-11(3)14(12)16(10-18-5-2)13(17)9-15/h4-9H,1-3H3,(H,21,22)(H,19,20,23);6-8H,4-5,9-10H2,1-3H3. The van der Waals surface area contributed by atoms with Crippen molar-refractivity contribution < 1.29 is 24.2 Å². The van der Waals surface area contributed by atoms with Gasteiger partial charge in [0.2, 0.25) is 5.91 Å². The number of amidine groups is 1. The summed E-state index contributed by atoms with van der Waals surface area (Å²) in [5, 5.41) is 12.9.